The van der Waals surface area contributed by atoms with Gasteiger partial charge in [-0.15, -0.1) is 0 Å². The van der Waals surface area contributed by atoms with Crippen molar-refractivity contribution < 1.29 is 4.79 Å². The van der Waals surface area contributed by atoms with Gasteiger partial charge >= 0.3 is 6.03 Å². The Morgan fingerprint density at radius 1 is 0.833 bits per heavy atom. The monoisotopic (exact) mass is 396 g/mol. The van der Waals surface area contributed by atoms with Gasteiger partial charge in [-0.3, -0.25) is 10.00 Å². The third-order valence-corrected chi connectivity index (χ3v) is 4.90. The molecule has 0 aliphatic heterocycles. The Morgan fingerprint density at radius 2 is 1.33 bits per heavy atom. The number of aromatic nitrogens is 2. The summed E-state index contributed by atoms with van der Waals surface area (Å²) in [5, 5.41) is 7.45. The van der Waals surface area contributed by atoms with E-state index < -0.39 is 0 Å². The van der Waals surface area contributed by atoms with Crippen LogP contribution in [0.25, 0.3) is 11.3 Å². The smallest absolute Gasteiger partial charge is 0.316 e. The van der Waals surface area contributed by atoms with Gasteiger partial charge in [-0.2, -0.15) is 5.10 Å². The second-order valence-electron chi connectivity index (χ2n) is 7.16. The van der Waals surface area contributed by atoms with Crippen LogP contribution in [-0.2, 0) is 20.1 Å². The van der Waals surface area contributed by atoms with Crippen molar-refractivity contribution in [3.63, 3.8) is 0 Å². The van der Waals surface area contributed by atoms with Crippen molar-refractivity contribution in [1.82, 2.24) is 14.7 Å². The fraction of sp³-hybridized carbons (Fsp3) is 0.120. The molecule has 30 heavy (non-hydrogen) atoms. The zero-order valence-electron chi connectivity index (χ0n) is 16.9. The van der Waals surface area contributed by atoms with Gasteiger partial charge in [0.25, 0.3) is 0 Å². The topological polar surface area (TPSA) is 50.2 Å². The molecule has 3 aromatic carbocycles. The third-order valence-electron chi connectivity index (χ3n) is 4.90. The summed E-state index contributed by atoms with van der Waals surface area (Å²) in [5.74, 6) is 0.535. The van der Waals surface area contributed by atoms with E-state index in [4.69, 9.17) is 0 Å². The quantitative estimate of drug-likeness (QED) is 0.479. The van der Waals surface area contributed by atoms with Crippen LogP contribution >= 0.6 is 0 Å². The number of aryl methyl sites for hydroxylation is 1. The van der Waals surface area contributed by atoms with Crippen LogP contribution in [0.5, 0.6) is 0 Å². The lowest BCUT2D eigenvalue weighted by molar-refractivity contribution is 0.206. The maximum atomic E-state index is 13.1. The number of hydrogen-bond acceptors (Lipinski definition) is 2. The van der Waals surface area contributed by atoms with Crippen molar-refractivity contribution >= 4 is 11.8 Å². The fourth-order valence-electron chi connectivity index (χ4n) is 3.40. The van der Waals surface area contributed by atoms with E-state index in [2.05, 4.69) is 10.4 Å². The summed E-state index contributed by atoms with van der Waals surface area (Å²) in [6.45, 7) is 1.03. The number of carbonyl (C=O) groups is 1. The van der Waals surface area contributed by atoms with Gasteiger partial charge in [-0.25, -0.2) is 4.79 Å². The fourth-order valence-corrected chi connectivity index (χ4v) is 3.40. The lowest BCUT2D eigenvalue weighted by Crippen LogP contribution is -2.34. The number of nitrogens with one attached hydrogen (secondary N) is 1. The molecule has 0 radical (unpaired) electrons. The third kappa shape index (κ3) is 4.75. The molecule has 150 valence electrons. The molecule has 5 heteroatoms. The molecular formula is C25H24N4O. The zero-order chi connectivity index (χ0) is 20.8. The van der Waals surface area contributed by atoms with Gasteiger partial charge in [0.1, 0.15) is 0 Å². The molecule has 0 unspecified atom stereocenters. The molecule has 0 fully saturated rings. The number of carbonyl (C=O) groups excluding carboxylic acids is 1. The van der Waals surface area contributed by atoms with Crippen LogP contribution in [0.4, 0.5) is 10.6 Å². The van der Waals surface area contributed by atoms with E-state index in [0.29, 0.717) is 18.9 Å². The van der Waals surface area contributed by atoms with Crippen molar-refractivity contribution in [3.05, 3.63) is 108 Å². The predicted octanol–water partition coefficient (Wildman–Crippen LogP) is 5.32. The molecule has 4 rings (SSSR count). The molecule has 0 atom stereocenters. The highest BCUT2D eigenvalue weighted by Gasteiger charge is 2.17. The van der Waals surface area contributed by atoms with Crippen LogP contribution in [0.15, 0.2) is 97.1 Å². The molecule has 5 nitrogen and oxygen atoms in total. The first-order chi connectivity index (χ1) is 14.7. The number of amides is 2. The minimum Gasteiger partial charge on any atom is -0.316 e. The standard InChI is InChI=1S/C25H24N4O/c1-28-23(22-15-9-4-10-16-22)17-24(27-28)26-25(30)29(18-20-11-5-2-6-12-20)19-21-13-7-3-8-14-21/h2-17H,18-19H2,1H3,(H,26,27,30). The Kier molecular flexibility index (Phi) is 5.90. The molecule has 0 bridgehead atoms. The van der Waals surface area contributed by atoms with Crippen molar-refractivity contribution in [2.75, 3.05) is 5.32 Å². The maximum Gasteiger partial charge on any atom is 0.323 e. The van der Waals surface area contributed by atoms with Crippen LogP contribution in [0, 0.1) is 0 Å². The summed E-state index contributed by atoms with van der Waals surface area (Å²) in [6, 6.07) is 31.7. The van der Waals surface area contributed by atoms with Gasteiger partial charge < -0.3 is 4.90 Å². The van der Waals surface area contributed by atoms with Gasteiger partial charge in [0, 0.05) is 26.2 Å². The number of urea groups is 1. The highest BCUT2D eigenvalue weighted by Crippen LogP contribution is 2.22. The molecule has 4 aromatic rings. The summed E-state index contributed by atoms with van der Waals surface area (Å²) in [6.07, 6.45) is 0. The number of rotatable bonds is 6. The first kappa shape index (κ1) is 19.5. The van der Waals surface area contributed by atoms with Gasteiger partial charge in [-0.05, 0) is 16.7 Å². The number of nitrogens with zero attached hydrogens (tertiary/aromatic N) is 3. The molecule has 0 saturated carbocycles. The second kappa shape index (κ2) is 9.09. The summed E-state index contributed by atoms with van der Waals surface area (Å²) < 4.78 is 1.78. The number of benzene rings is 3. The molecule has 0 saturated heterocycles. The average molecular weight is 396 g/mol. The van der Waals surface area contributed by atoms with Crippen LogP contribution < -0.4 is 5.32 Å². The van der Waals surface area contributed by atoms with Gasteiger partial charge in [-0.1, -0.05) is 91.0 Å². The molecule has 0 spiro atoms. The normalized spacial score (nSPS) is 10.6. The van der Waals surface area contributed by atoms with Crippen molar-refractivity contribution in [1.29, 1.82) is 0 Å². The van der Waals surface area contributed by atoms with Crippen molar-refractivity contribution in [3.8, 4) is 11.3 Å². The predicted molar refractivity (Wildman–Crippen MR) is 120 cm³/mol. The molecule has 1 aromatic heterocycles. The number of anilines is 1. The molecule has 0 aliphatic rings. The Bertz CT molecular complexity index is 1050. The van der Waals surface area contributed by atoms with Gasteiger partial charge in [0.15, 0.2) is 5.82 Å². The largest absolute Gasteiger partial charge is 0.323 e. The molecule has 0 aliphatic carbocycles. The minimum absolute atomic E-state index is 0.180. The Balaban J connectivity index is 1.54. The van der Waals surface area contributed by atoms with E-state index in [1.165, 1.54) is 0 Å². The van der Waals surface area contributed by atoms with E-state index >= 15 is 0 Å². The zero-order valence-corrected chi connectivity index (χ0v) is 16.9. The van der Waals surface area contributed by atoms with E-state index in [1.54, 1.807) is 9.58 Å². The molecule has 1 heterocycles. The number of hydrogen-bond donors (Lipinski definition) is 1. The average Bonchev–Trinajstić information content (AvgIpc) is 3.15. The first-order valence-electron chi connectivity index (χ1n) is 9.92. The van der Waals surface area contributed by atoms with Crippen molar-refractivity contribution in [2.24, 2.45) is 7.05 Å². The Morgan fingerprint density at radius 3 is 1.87 bits per heavy atom. The van der Waals surface area contributed by atoms with E-state index in [1.807, 2.05) is 104 Å². The summed E-state index contributed by atoms with van der Waals surface area (Å²) in [5.41, 5.74) is 4.16. The van der Waals surface area contributed by atoms with E-state index in [9.17, 15) is 4.79 Å². The Hall–Kier alpha value is -3.86. The SMILES string of the molecule is Cn1nc(NC(=O)N(Cc2ccccc2)Cc2ccccc2)cc1-c1ccccc1. The van der Waals surface area contributed by atoms with E-state index in [0.717, 1.165) is 22.4 Å². The van der Waals surface area contributed by atoms with E-state index in [-0.39, 0.29) is 6.03 Å². The summed E-state index contributed by atoms with van der Waals surface area (Å²) >= 11 is 0. The molecule has 1 N–H and O–H groups in total. The molecular weight excluding hydrogens is 372 g/mol. The lowest BCUT2D eigenvalue weighted by atomic mass is 10.1. The highest BCUT2D eigenvalue weighted by molar-refractivity contribution is 5.89. The van der Waals surface area contributed by atoms with Crippen LogP contribution in [0.1, 0.15) is 11.1 Å². The van der Waals surface area contributed by atoms with Crippen LogP contribution in [0.3, 0.4) is 0 Å². The second-order valence-corrected chi connectivity index (χ2v) is 7.16. The lowest BCUT2D eigenvalue weighted by Gasteiger charge is -2.23. The van der Waals surface area contributed by atoms with Crippen molar-refractivity contribution in [2.45, 2.75) is 13.1 Å². The van der Waals surface area contributed by atoms with Crippen LogP contribution in [0.2, 0.25) is 0 Å². The summed E-state index contributed by atoms with van der Waals surface area (Å²) in [4.78, 5) is 14.9. The minimum atomic E-state index is -0.180. The highest BCUT2D eigenvalue weighted by atomic mass is 16.2. The van der Waals surface area contributed by atoms with Gasteiger partial charge in [0.05, 0.1) is 5.69 Å². The Labute approximate surface area is 176 Å². The summed E-state index contributed by atoms with van der Waals surface area (Å²) in [7, 11) is 1.88. The van der Waals surface area contributed by atoms with Crippen LogP contribution in [-0.4, -0.2) is 20.7 Å². The van der Waals surface area contributed by atoms with Gasteiger partial charge in [0.2, 0.25) is 0 Å². The maximum absolute atomic E-state index is 13.1. The first-order valence-corrected chi connectivity index (χ1v) is 9.92. The molecule has 2 amide bonds.